The first-order chi connectivity index (χ1) is 12.4. The van der Waals surface area contributed by atoms with Gasteiger partial charge in [-0.1, -0.05) is 23.8 Å². The van der Waals surface area contributed by atoms with Gasteiger partial charge in [0, 0.05) is 43.9 Å². The van der Waals surface area contributed by atoms with Crippen molar-refractivity contribution in [3.8, 4) is 0 Å². The number of amides is 3. The summed E-state index contributed by atoms with van der Waals surface area (Å²) in [4.78, 5) is 36.9. The van der Waals surface area contributed by atoms with Crippen molar-refractivity contribution in [2.24, 2.45) is 0 Å². The Bertz CT molecular complexity index is 817. The standard InChI is InChI=1S/C20H23N3O3/c1-14-6-4-7-17(12-14)20(26)21-10-11-23(16(3)25)19-9-5-8-18(13-19)22-15(2)24/h4-9,12-13H,10-11H2,1-3H3,(H,21,26)(H,22,24). The van der Waals surface area contributed by atoms with Crippen LogP contribution in [0, 0.1) is 6.92 Å². The van der Waals surface area contributed by atoms with Crippen LogP contribution in [-0.2, 0) is 9.59 Å². The minimum absolute atomic E-state index is 0.144. The van der Waals surface area contributed by atoms with E-state index in [-0.39, 0.29) is 17.7 Å². The highest BCUT2D eigenvalue weighted by Gasteiger charge is 2.13. The van der Waals surface area contributed by atoms with E-state index < -0.39 is 0 Å². The molecule has 2 aromatic rings. The summed E-state index contributed by atoms with van der Waals surface area (Å²) in [6.07, 6.45) is 0. The van der Waals surface area contributed by atoms with E-state index in [1.54, 1.807) is 35.2 Å². The van der Waals surface area contributed by atoms with Gasteiger partial charge in [-0.15, -0.1) is 0 Å². The minimum atomic E-state index is -0.179. The van der Waals surface area contributed by atoms with Crippen LogP contribution in [0.5, 0.6) is 0 Å². The van der Waals surface area contributed by atoms with Gasteiger partial charge >= 0.3 is 0 Å². The van der Waals surface area contributed by atoms with Gasteiger partial charge in [0.25, 0.3) is 5.91 Å². The molecule has 2 aromatic carbocycles. The van der Waals surface area contributed by atoms with Crippen LogP contribution in [-0.4, -0.2) is 30.8 Å². The predicted molar refractivity (Wildman–Crippen MR) is 102 cm³/mol. The Balaban J connectivity index is 2.01. The molecule has 0 aromatic heterocycles. The summed E-state index contributed by atoms with van der Waals surface area (Å²) in [5.74, 6) is -0.499. The van der Waals surface area contributed by atoms with Gasteiger partial charge in [0.2, 0.25) is 11.8 Å². The molecular formula is C20H23N3O3. The van der Waals surface area contributed by atoms with Crippen molar-refractivity contribution < 1.29 is 14.4 Å². The Morgan fingerprint density at radius 3 is 2.38 bits per heavy atom. The second-order valence-electron chi connectivity index (χ2n) is 6.03. The van der Waals surface area contributed by atoms with Crippen LogP contribution in [0.25, 0.3) is 0 Å². The number of rotatable bonds is 6. The Morgan fingerprint density at radius 1 is 1.00 bits per heavy atom. The smallest absolute Gasteiger partial charge is 0.251 e. The first kappa shape index (κ1) is 19.2. The average Bonchev–Trinajstić information content (AvgIpc) is 2.57. The third-order valence-electron chi connectivity index (χ3n) is 3.76. The number of benzene rings is 2. The van der Waals surface area contributed by atoms with Crippen molar-refractivity contribution in [1.82, 2.24) is 5.32 Å². The molecule has 0 aliphatic rings. The molecule has 26 heavy (non-hydrogen) atoms. The monoisotopic (exact) mass is 353 g/mol. The van der Waals surface area contributed by atoms with E-state index in [1.165, 1.54) is 13.8 Å². The molecule has 0 unspecified atom stereocenters. The first-order valence-corrected chi connectivity index (χ1v) is 8.37. The zero-order chi connectivity index (χ0) is 19.1. The molecule has 0 spiro atoms. The van der Waals surface area contributed by atoms with Crippen LogP contribution in [0.4, 0.5) is 11.4 Å². The Kier molecular flexibility index (Phi) is 6.49. The van der Waals surface area contributed by atoms with E-state index in [4.69, 9.17) is 0 Å². The zero-order valence-corrected chi connectivity index (χ0v) is 15.2. The van der Waals surface area contributed by atoms with E-state index in [0.717, 1.165) is 5.56 Å². The lowest BCUT2D eigenvalue weighted by Gasteiger charge is -2.22. The van der Waals surface area contributed by atoms with Gasteiger partial charge < -0.3 is 15.5 Å². The third-order valence-corrected chi connectivity index (χ3v) is 3.76. The van der Waals surface area contributed by atoms with Crippen molar-refractivity contribution >= 4 is 29.1 Å². The van der Waals surface area contributed by atoms with Crippen molar-refractivity contribution in [3.05, 3.63) is 59.7 Å². The summed E-state index contributed by atoms with van der Waals surface area (Å²) in [5, 5.41) is 5.52. The van der Waals surface area contributed by atoms with E-state index in [9.17, 15) is 14.4 Å². The van der Waals surface area contributed by atoms with Crippen LogP contribution in [0.3, 0.4) is 0 Å². The van der Waals surface area contributed by atoms with E-state index in [0.29, 0.717) is 30.0 Å². The van der Waals surface area contributed by atoms with Crippen LogP contribution in [0.15, 0.2) is 48.5 Å². The highest BCUT2D eigenvalue weighted by Crippen LogP contribution is 2.19. The van der Waals surface area contributed by atoms with E-state index in [1.807, 2.05) is 25.1 Å². The number of hydrogen-bond acceptors (Lipinski definition) is 3. The fraction of sp³-hybridized carbons (Fsp3) is 0.250. The fourth-order valence-electron chi connectivity index (χ4n) is 2.59. The maximum absolute atomic E-state index is 12.2. The number of hydrogen-bond donors (Lipinski definition) is 2. The molecule has 0 radical (unpaired) electrons. The highest BCUT2D eigenvalue weighted by molar-refractivity contribution is 5.95. The lowest BCUT2D eigenvalue weighted by atomic mass is 10.1. The summed E-state index contributed by atoms with van der Waals surface area (Å²) >= 11 is 0. The van der Waals surface area contributed by atoms with Gasteiger partial charge in [0.05, 0.1) is 0 Å². The largest absolute Gasteiger partial charge is 0.350 e. The second kappa shape index (κ2) is 8.80. The molecule has 0 saturated heterocycles. The normalized spacial score (nSPS) is 10.1. The van der Waals surface area contributed by atoms with Crippen LogP contribution in [0.1, 0.15) is 29.8 Å². The van der Waals surface area contributed by atoms with Crippen molar-refractivity contribution in [1.29, 1.82) is 0 Å². The Labute approximate surface area is 153 Å². The van der Waals surface area contributed by atoms with Crippen LogP contribution >= 0.6 is 0 Å². The number of aryl methyl sites for hydroxylation is 1. The predicted octanol–water partition coefficient (Wildman–Crippen LogP) is 2.74. The van der Waals surface area contributed by atoms with Gasteiger partial charge in [0.15, 0.2) is 0 Å². The zero-order valence-electron chi connectivity index (χ0n) is 15.2. The minimum Gasteiger partial charge on any atom is -0.350 e. The number of anilines is 2. The van der Waals surface area contributed by atoms with E-state index >= 15 is 0 Å². The molecule has 0 aliphatic carbocycles. The molecular weight excluding hydrogens is 330 g/mol. The quantitative estimate of drug-likeness (QED) is 0.838. The summed E-state index contributed by atoms with van der Waals surface area (Å²) in [6.45, 7) is 5.47. The molecule has 0 saturated carbocycles. The molecule has 0 aliphatic heterocycles. The molecule has 2 rings (SSSR count). The summed E-state index contributed by atoms with van der Waals surface area (Å²) < 4.78 is 0. The lowest BCUT2D eigenvalue weighted by Crippen LogP contribution is -2.37. The van der Waals surface area contributed by atoms with E-state index in [2.05, 4.69) is 10.6 Å². The van der Waals surface area contributed by atoms with Gasteiger partial charge in [0.1, 0.15) is 0 Å². The number of carbonyl (C=O) groups is 3. The lowest BCUT2D eigenvalue weighted by molar-refractivity contribution is -0.116. The summed E-state index contributed by atoms with van der Waals surface area (Å²) in [6, 6.07) is 14.4. The van der Waals surface area contributed by atoms with Gasteiger partial charge in [-0.3, -0.25) is 14.4 Å². The molecule has 0 bridgehead atoms. The Morgan fingerprint density at radius 2 is 1.73 bits per heavy atom. The van der Waals surface area contributed by atoms with Crippen molar-refractivity contribution in [3.63, 3.8) is 0 Å². The molecule has 3 amide bonds. The maximum Gasteiger partial charge on any atom is 0.251 e. The molecule has 0 fully saturated rings. The number of nitrogens with zero attached hydrogens (tertiary/aromatic N) is 1. The average molecular weight is 353 g/mol. The first-order valence-electron chi connectivity index (χ1n) is 8.37. The highest BCUT2D eigenvalue weighted by atomic mass is 16.2. The van der Waals surface area contributed by atoms with Crippen molar-refractivity contribution in [2.75, 3.05) is 23.3 Å². The molecule has 0 heterocycles. The number of carbonyl (C=O) groups excluding carboxylic acids is 3. The topological polar surface area (TPSA) is 78.5 Å². The molecule has 0 atom stereocenters. The Hall–Kier alpha value is -3.15. The summed E-state index contributed by atoms with van der Waals surface area (Å²) in [7, 11) is 0. The molecule has 2 N–H and O–H groups in total. The molecule has 136 valence electrons. The SMILES string of the molecule is CC(=O)Nc1cccc(N(CCNC(=O)c2cccc(C)c2)C(C)=O)c1. The maximum atomic E-state index is 12.2. The third kappa shape index (κ3) is 5.44. The number of nitrogens with one attached hydrogen (secondary N) is 2. The molecule has 6 heteroatoms. The molecule has 6 nitrogen and oxygen atoms in total. The van der Waals surface area contributed by atoms with Gasteiger partial charge in [-0.05, 0) is 37.3 Å². The van der Waals surface area contributed by atoms with Gasteiger partial charge in [-0.2, -0.15) is 0 Å². The summed E-state index contributed by atoms with van der Waals surface area (Å²) in [5.41, 5.74) is 2.88. The van der Waals surface area contributed by atoms with Crippen LogP contribution in [0.2, 0.25) is 0 Å². The fourth-order valence-corrected chi connectivity index (χ4v) is 2.59. The van der Waals surface area contributed by atoms with Gasteiger partial charge in [-0.25, -0.2) is 0 Å². The van der Waals surface area contributed by atoms with Crippen LogP contribution < -0.4 is 15.5 Å². The second-order valence-corrected chi connectivity index (χ2v) is 6.03. The van der Waals surface area contributed by atoms with Crippen molar-refractivity contribution in [2.45, 2.75) is 20.8 Å².